The van der Waals surface area contributed by atoms with Crippen LogP contribution in [0.4, 0.5) is 0 Å². The third kappa shape index (κ3) is 2.94. The van der Waals surface area contributed by atoms with E-state index in [1.54, 1.807) is 0 Å². The minimum absolute atomic E-state index is 0.178. The first kappa shape index (κ1) is 13.0. The van der Waals surface area contributed by atoms with Crippen LogP contribution in [0.2, 0.25) is 5.02 Å². The minimum atomic E-state index is 0.178. The van der Waals surface area contributed by atoms with Gasteiger partial charge in [0.1, 0.15) is 0 Å². The molecular weight excluding hydrogens is 258 g/mol. The molecule has 102 valence electrons. The van der Waals surface area contributed by atoms with Crippen molar-refractivity contribution in [3.05, 3.63) is 34.9 Å². The van der Waals surface area contributed by atoms with E-state index in [4.69, 9.17) is 11.6 Å². The minimum Gasteiger partial charge on any atom is -0.352 e. The van der Waals surface area contributed by atoms with E-state index in [0.717, 1.165) is 22.4 Å². The first-order chi connectivity index (χ1) is 9.22. The first-order valence-electron chi connectivity index (χ1n) is 7.22. The Balaban J connectivity index is 1.48. The maximum absolute atomic E-state index is 12.0. The Morgan fingerprint density at radius 3 is 2.79 bits per heavy atom. The molecule has 3 atom stereocenters. The lowest BCUT2D eigenvalue weighted by molar-refractivity contribution is -0.122. The Bertz CT molecular complexity index is 474. The zero-order valence-electron chi connectivity index (χ0n) is 11.1. The van der Waals surface area contributed by atoms with Crippen molar-refractivity contribution in [2.24, 2.45) is 17.8 Å². The normalized spacial score (nSPS) is 28.6. The summed E-state index contributed by atoms with van der Waals surface area (Å²) in [5.74, 6) is 2.53. The number of halogens is 1. The fourth-order valence-electron chi connectivity index (χ4n) is 3.77. The van der Waals surface area contributed by atoms with Crippen molar-refractivity contribution in [1.29, 1.82) is 0 Å². The van der Waals surface area contributed by atoms with E-state index in [9.17, 15) is 4.79 Å². The molecule has 0 saturated heterocycles. The smallest absolute Gasteiger partial charge is 0.220 e. The van der Waals surface area contributed by atoms with Crippen LogP contribution in [-0.2, 0) is 11.3 Å². The summed E-state index contributed by atoms with van der Waals surface area (Å²) in [5.41, 5.74) is 0.991. The SMILES string of the molecule is O=C(C[C@H]1C[C@H]2CC[C@@H]1C2)NCc1ccccc1Cl. The molecule has 0 aliphatic heterocycles. The van der Waals surface area contributed by atoms with Gasteiger partial charge in [0.05, 0.1) is 0 Å². The van der Waals surface area contributed by atoms with Gasteiger partial charge in [-0.25, -0.2) is 0 Å². The largest absolute Gasteiger partial charge is 0.352 e. The summed E-state index contributed by atoms with van der Waals surface area (Å²) < 4.78 is 0. The number of hydrogen-bond acceptors (Lipinski definition) is 1. The summed E-state index contributed by atoms with van der Waals surface area (Å²) >= 11 is 6.08. The van der Waals surface area contributed by atoms with Gasteiger partial charge in [-0.3, -0.25) is 4.79 Å². The van der Waals surface area contributed by atoms with Crippen molar-refractivity contribution >= 4 is 17.5 Å². The highest BCUT2D eigenvalue weighted by molar-refractivity contribution is 6.31. The molecule has 2 aliphatic rings. The van der Waals surface area contributed by atoms with E-state index in [2.05, 4.69) is 5.32 Å². The Morgan fingerprint density at radius 2 is 2.11 bits per heavy atom. The Kier molecular flexibility index (Phi) is 3.79. The highest BCUT2D eigenvalue weighted by atomic mass is 35.5. The summed E-state index contributed by atoms with van der Waals surface area (Å²) in [7, 11) is 0. The summed E-state index contributed by atoms with van der Waals surface area (Å²) in [4.78, 5) is 12.0. The van der Waals surface area contributed by atoms with Gasteiger partial charge in [0.25, 0.3) is 0 Å². The molecule has 2 nitrogen and oxygen atoms in total. The third-order valence-corrected chi connectivity index (χ3v) is 5.13. The fourth-order valence-corrected chi connectivity index (χ4v) is 3.97. The maximum Gasteiger partial charge on any atom is 0.220 e. The molecule has 2 saturated carbocycles. The van der Waals surface area contributed by atoms with Crippen LogP contribution in [0.3, 0.4) is 0 Å². The van der Waals surface area contributed by atoms with E-state index < -0.39 is 0 Å². The van der Waals surface area contributed by atoms with Gasteiger partial charge in [0.15, 0.2) is 0 Å². The Labute approximate surface area is 119 Å². The average Bonchev–Trinajstić information content (AvgIpc) is 3.00. The van der Waals surface area contributed by atoms with E-state index in [1.807, 2.05) is 24.3 Å². The molecule has 2 bridgehead atoms. The summed E-state index contributed by atoms with van der Waals surface area (Å²) in [6, 6.07) is 7.67. The number of hydrogen-bond donors (Lipinski definition) is 1. The predicted molar refractivity (Wildman–Crippen MR) is 76.9 cm³/mol. The zero-order chi connectivity index (χ0) is 13.2. The van der Waals surface area contributed by atoms with Crippen LogP contribution in [0.1, 0.15) is 37.7 Å². The molecule has 3 heteroatoms. The highest BCUT2D eigenvalue weighted by Gasteiger charge is 2.39. The number of carbonyl (C=O) groups is 1. The van der Waals surface area contributed by atoms with Gasteiger partial charge < -0.3 is 5.32 Å². The zero-order valence-corrected chi connectivity index (χ0v) is 11.8. The molecule has 19 heavy (non-hydrogen) atoms. The van der Waals surface area contributed by atoms with Crippen molar-refractivity contribution < 1.29 is 4.79 Å². The number of amides is 1. The second-order valence-electron chi connectivity index (χ2n) is 6.01. The number of nitrogens with one attached hydrogen (secondary N) is 1. The van der Waals surface area contributed by atoms with Crippen LogP contribution in [0.15, 0.2) is 24.3 Å². The number of carbonyl (C=O) groups excluding carboxylic acids is 1. The molecule has 0 radical (unpaired) electrons. The van der Waals surface area contributed by atoms with Gasteiger partial charge >= 0.3 is 0 Å². The van der Waals surface area contributed by atoms with Crippen molar-refractivity contribution in [2.45, 2.75) is 38.6 Å². The van der Waals surface area contributed by atoms with Crippen LogP contribution >= 0.6 is 11.6 Å². The first-order valence-corrected chi connectivity index (χ1v) is 7.60. The Hall–Kier alpha value is -1.02. The second kappa shape index (κ2) is 5.54. The maximum atomic E-state index is 12.0. The molecule has 1 aromatic carbocycles. The van der Waals surface area contributed by atoms with Crippen molar-refractivity contribution in [1.82, 2.24) is 5.32 Å². The van der Waals surface area contributed by atoms with Crippen LogP contribution in [-0.4, -0.2) is 5.91 Å². The topological polar surface area (TPSA) is 29.1 Å². The molecule has 1 aromatic rings. The second-order valence-corrected chi connectivity index (χ2v) is 6.41. The molecule has 3 rings (SSSR count). The molecule has 1 amide bonds. The van der Waals surface area contributed by atoms with Crippen LogP contribution in [0, 0.1) is 17.8 Å². The lowest BCUT2D eigenvalue weighted by Crippen LogP contribution is -2.27. The van der Waals surface area contributed by atoms with Gasteiger partial charge in [0, 0.05) is 18.0 Å². The van der Waals surface area contributed by atoms with Crippen molar-refractivity contribution in [3.8, 4) is 0 Å². The predicted octanol–water partition coefficient (Wildman–Crippen LogP) is 3.78. The van der Waals surface area contributed by atoms with Gasteiger partial charge in [-0.1, -0.05) is 36.2 Å². The van der Waals surface area contributed by atoms with E-state index >= 15 is 0 Å². The van der Waals surface area contributed by atoms with Crippen molar-refractivity contribution in [2.75, 3.05) is 0 Å². The standard InChI is InChI=1S/C16H20ClNO/c17-15-4-2-1-3-13(15)10-18-16(19)9-14-8-11-5-6-12(14)7-11/h1-4,11-12,14H,5-10H2,(H,18,19)/t11-,12+,14+/m0/s1. The van der Waals surface area contributed by atoms with E-state index in [1.165, 1.54) is 25.7 Å². The van der Waals surface area contributed by atoms with Crippen LogP contribution < -0.4 is 5.32 Å². The summed E-state index contributed by atoms with van der Waals surface area (Å²) in [5, 5.41) is 3.73. The van der Waals surface area contributed by atoms with Gasteiger partial charge in [-0.15, -0.1) is 0 Å². The molecule has 0 aromatic heterocycles. The monoisotopic (exact) mass is 277 g/mol. The molecule has 0 heterocycles. The van der Waals surface area contributed by atoms with Gasteiger partial charge in [-0.05, 0) is 48.6 Å². The molecule has 2 fully saturated rings. The fraction of sp³-hybridized carbons (Fsp3) is 0.562. The number of benzene rings is 1. The lowest BCUT2D eigenvalue weighted by atomic mass is 9.86. The third-order valence-electron chi connectivity index (χ3n) is 4.77. The van der Waals surface area contributed by atoms with E-state index in [-0.39, 0.29) is 5.91 Å². The molecule has 1 N–H and O–H groups in total. The summed E-state index contributed by atoms with van der Waals surface area (Å²) in [6.07, 6.45) is 6.06. The molecular formula is C16H20ClNO. The molecule has 0 unspecified atom stereocenters. The lowest BCUT2D eigenvalue weighted by Gasteiger charge is -2.20. The van der Waals surface area contributed by atoms with Gasteiger partial charge in [-0.2, -0.15) is 0 Å². The Morgan fingerprint density at radius 1 is 1.26 bits per heavy atom. The van der Waals surface area contributed by atoms with Crippen LogP contribution in [0.25, 0.3) is 0 Å². The van der Waals surface area contributed by atoms with E-state index in [0.29, 0.717) is 18.9 Å². The summed E-state index contributed by atoms with van der Waals surface area (Å²) in [6.45, 7) is 0.541. The molecule has 2 aliphatic carbocycles. The van der Waals surface area contributed by atoms with Crippen LogP contribution in [0.5, 0.6) is 0 Å². The quantitative estimate of drug-likeness (QED) is 0.891. The van der Waals surface area contributed by atoms with Crippen molar-refractivity contribution in [3.63, 3.8) is 0 Å². The van der Waals surface area contributed by atoms with Gasteiger partial charge in [0.2, 0.25) is 5.91 Å². The average molecular weight is 278 g/mol. The number of fused-ring (bicyclic) bond motifs is 2. The number of rotatable bonds is 4. The molecule has 0 spiro atoms. The highest BCUT2D eigenvalue weighted by Crippen LogP contribution is 2.49.